The minimum absolute atomic E-state index is 0.00160. The Kier molecular flexibility index (Phi) is 29.1. The Morgan fingerprint density at radius 1 is 0.386 bits per heavy atom. The summed E-state index contributed by atoms with van der Waals surface area (Å²) in [6, 6.07) is 0. The quantitative estimate of drug-likeness (QED) is 0.0485. The van der Waals surface area contributed by atoms with Gasteiger partial charge in [0, 0.05) is 58.2 Å². The van der Waals surface area contributed by atoms with Crippen LogP contribution in [0.1, 0.15) is 25.7 Å². The molecule has 0 atom stereocenters. The van der Waals surface area contributed by atoms with E-state index in [2.05, 4.69) is 13.2 Å². The van der Waals surface area contributed by atoms with Crippen LogP contribution in [0.25, 0.3) is 0 Å². The zero-order valence-corrected chi connectivity index (χ0v) is 28.1. The summed E-state index contributed by atoms with van der Waals surface area (Å²) < 4.78 is 29.5. The molecule has 0 aromatic carbocycles. The highest BCUT2D eigenvalue weighted by Gasteiger charge is 2.08. The second-order valence-corrected chi connectivity index (χ2v) is 13.0. The topological polar surface area (TPSA) is 158 Å². The van der Waals surface area contributed by atoms with E-state index in [1.54, 1.807) is 47.0 Å². The molecule has 0 N–H and O–H groups in total. The third kappa shape index (κ3) is 29.8. The smallest absolute Gasteiger partial charge is 0.330 e. The first-order chi connectivity index (χ1) is 21.3. The number of thioether (sulfide) groups is 4. The van der Waals surface area contributed by atoms with Crippen molar-refractivity contribution in [3.8, 4) is 0 Å². The fraction of sp³-hybridized carbons (Fsp3) is 0.643. The molecule has 0 aromatic heterocycles. The molecular formula is C28H42O12S4. The lowest BCUT2D eigenvalue weighted by atomic mass is 10.5. The van der Waals surface area contributed by atoms with E-state index in [0.717, 1.165) is 35.2 Å². The van der Waals surface area contributed by atoms with Crippen LogP contribution in [0.4, 0.5) is 0 Å². The molecule has 16 heteroatoms. The maximum atomic E-state index is 11.8. The van der Waals surface area contributed by atoms with Crippen LogP contribution >= 0.6 is 47.0 Å². The fourth-order valence-corrected chi connectivity index (χ4v) is 6.53. The van der Waals surface area contributed by atoms with Gasteiger partial charge in [-0.25, -0.2) is 9.59 Å². The Labute approximate surface area is 275 Å². The van der Waals surface area contributed by atoms with Crippen molar-refractivity contribution in [2.24, 2.45) is 0 Å². The predicted octanol–water partition coefficient (Wildman–Crippen LogP) is 3.11. The number of carbonyl (C=O) groups is 6. The molecule has 0 fully saturated rings. The summed E-state index contributed by atoms with van der Waals surface area (Å²) in [6.07, 6.45) is 3.13. The molecule has 0 aromatic rings. The zero-order valence-electron chi connectivity index (χ0n) is 24.8. The normalized spacial score (nSPS) is 10.3. The first-order valence-corrected chi connectivity index (χ1v) is 18.4. The number of carbonyl (C=O) groups excluding carboxylic acids is 6. The van der Waals surface area contributed by atoms with Gasteiger partial charge in [0.15, 0.2) is 0 Å². The molecule has 0 heterocycles. The third-order valence-electron chi connectivity index (χ3n) is 4.67. The van der Waals surface area contributed by atoms with Crippen LogP contribution in [0.2, 0.25) is 0 Å². The van der Waals surface area contributed by atoms with Crippen LogP contribution in [-0.2, 0) is 57.2 Å². The van der Waals surface area contributed by atoms with Gasteiger partial charge in [0.25, 0.3) is 0 Å². The molecule has 0 saturated carbocycles. The zero-order chi connectivity index (χ0) is 32.7. The average molecular weight is 699 g/mol. The summed E-state index contributed by atoms with van der Waals surface area (Å²) in [7, 11) is 0. The predicted molar refractivity (Wildman–Crippen MR) is 174 cm³/mol. The molecule has 0 amide bonds. The number of esters is 6. The number of hydrogen-bond donors (Lipinski definition) is 0. The van der Waals surface area contributed by atoms with E-state index in [1.165, 1.54) is 0 Å². The standard InChI is InChI=1S/C28H42O12S4/c1-3-23(29)35-9-11-37-25(31)5-15-41-19-21-43-17-7-27(33)39-13-14-40-28(34)8-18-44-22-20-42-16-6-26(32)38-12-10-36-24(30)4-2/h3-4H,1-2,5-22H2. The lowest BCUT2D eigenvalue weighted by molar-refractivity contribution is -0.151. The van der Waals surface area contributed by atoms with Crippen LogP contribution in [0.5, 0.6) is 0 Å². The second-order valence-electron chi connectivity index (χ2n) is 8.07. The lowest BCUT2D eigenvalue weighted by Crippen LogP contribution is -2.14. The summed E-state index contributed by atoms with van der Waals surface area (Å²) >= 11 is 6.43. The molecule has 0 radical (unpaired) electrons. The van der Waals surface area contributed by atoms with Crippen molar-refractivity contribution in [3.05, 3.63) is 25.3 Å². The van der Waals surface area contributed by atoms with Crippen LogP contribution in [0.3, 0.4) is 0 Å². The van der Waals surface area contributed by atoms with Crippen molar-refractivity contribution in [3.63, 3.8) is 0 Å². The van der Waals surface area contributed by atoms with Crippen molar-refractivity contribution < 1.29 is 57.2 Å². The molecule has 0 unspecified atom stereocenters. The van der Waals surface area contributed by atoms with Gasteiger partial charge in [0.2, 0.25) is 0 Å². The molecule has 12 nitrogen and oxygen atoms in total. The van der Waals surface area contributed by atoms with Gasteiger partial charge >= 0.3 is 35.8 Å². The van der Waals surface area contributed by atoms with E-state index in [9.17, 15) is 28.8 Å². The number of ether oxygens (including phenoxy) is 6. The van der Waals surface area contributed by atoms with E-state index in [1.807, 2.05) is 0 Å². The summed E-state index contributed by atoms with van der Waals surface area (Å²) in [5.74, 6) is 3.24. The number of hydrogen-bond acceptors (Lipinski definition) is 16. The minimum atomic E-state index is -0.560. The van der Waals surface area contributed by atoms with E-state index in [0.29, 0.717) is 23.0 Å². The van der Waals surface area contributed by atoms with Gasteiger partial charge in [-0.15, -0.1) is 0 Å². The summed E-state index contributed by atoms with van der Waals surface area (Å²) in [6.45, 7) is 6.61. The molecule has 0 saturated heterocycles. The van der Waals surface area contributed by atoms with Crippen molar-refractivity contribution >= 4 is 82.9 Å². The number of rotatable bonds is 29. The molecule has 44 heavy (non-hydrogen) atoms. The molecule has 0 aliphatic rings. The molecule has 0 rings (SSSR count). The van der Waals surface area contributed by atoms with Gasteiger partial charge in [-0.1, -0.05) is 13.2 Å². The van der Waals surface area contributed by atoms with E-state index in [4.69, 9.17) is 28.4 Å². The van der Waals surface area contributed by atoms with Crippen LogP contribution in [0, 0.1) is 0 Å². The Morgan fingerprint density at radius 2 is 0.614 bits per heavy atom. The Bertz CT molecular complexity index is 815. The first kappa shape index (κ1) is 41.7. The van der Waals surface area contributed by atoms with E-state index >= 15 is 0 Å². The maximum absolute atomic E-state index is 11.8. The molecule has 250 valence electrons. The summed E-state index contributed by atoms with van der Waals surface area (Å²) in [5, 5.41) is 0. The maximum Gasteiger partial charge on any atom is 0.330 e. The van der Waals surface area contributed by atoms with Crippen LogP contribution < -0.4 is 0 Å². The van der Waals surface area contributed by atoms with Gasteiger partial charge in [-0.2, -0.15) is 47.0 Å². The second kappa shape index (κ2) is 30.7. The van der Waals surface area contributed by atoms with Crippen molar-refractivity contribution in [1.82, 2.24) is 0 Å². The van der Waals surface area contributed by atoms with Gasteiger partial charge in [-0.05, 0) is 0 Å². The monoisotopic (exact) mass is 698 g/mol. The van der Waals surface area contributed by atoms with Crippen molar-refractivity contribution in [1.29, 1.82) is 0 Å². The fourth-order valence-electron chi connectivity index (χ4n) is 2.58. The van der Waals surface area contributed by atoms with E-state index < -0.39 is 11.9 Å². The first-order valence-electron chi connectivity index (χ1n) is 13.8. The highest BCUT2D eigenvalue weighted by molar-refractivity contribution is 8.03. The highest BCUT2D eigenvalue weighted by atomic mass is 32.2. The molecular weight excluding hydrogens is 657 g/mol. The summed E-state index contributed by atoms with van der Waals surface area (Å²) in [4.78, 5) is 68.4. The average Bonchev–Trinajstić information content (AvgIpc) is 3.01. The Balaban J connectivity index is 3.45. The Morgan fingerprint density at radius 3 is 0.841 bits per heavy atom. The molecule has 0 aliphatic carbocycles. The van der Waals surface area contributed by atoms with Gasteiger partial charge < -0.3 is 28.4 Å². The van der Waals surface area contributed by atoms with Crippen molar-refractivity contribution in [2.75, 3.05) is 85.7 Å². The molecule has 0 bridgehead atoms. The SMILES string of the molecule is C=CC(=O)OCCOC(=O)CCSCCSCCC(=O)OCCOC(=O)CCSCCSCCC(=O)OCCOC(=O)C=C. The van der Waals surface area contributed by atoms with Gasteiger partial charge in [0.05, 0.1) is 25.7 Å². The van der Waals surface area contributed by atoms with Gasteiger partial charge in [0.1, 0.15) is 39.6 Å². The Hall–Kier alpha value is -2.30. The minimum Gasteiger partial charge on any atom is -0.462 e. The summed E-state index contributed by atoms with van der Waals surface area (Å²) in [5.41, 5.74) is 0. The van der Waals surface area contributed by atoms with Gasteiger partial charge in [-0.3, -0.25) is 19.2 Å². The van der Waals surface area contributed by atoms with Crippen LogP contribution in [0.15, 0.2) is 25.3 Å². The highest BCUT2D eigenvalue weighted by Crippen LogP contribution is 2.11. The van der Waals surface area contributed by atoms with E-state index in [-0.39, 0.29) is 89.2 Å². The largest absolute Gasteiger partial charge is 0.462 e. The third-order valence-corrected chi connectivity index (χ3v) is 9.13. The lowest BCUT2D eigenvalue weighted by Gasteiger charge is -2.07. The van der Waals surface area contributed by atoms with Crippen LogP contribution in [-0.4, -0.2) is 121 Å². The molecule has 0 spiro atoms. The molecule has 0 aliphatic heterocycles. The van der Waals surface area contributed by atoms with Crippen molar-refractivity contribution in [2.45, 2.75) is 25.7 Å².